The summed E-state index contributed by atoms with van der Waals surface area (Å²) in [5.74, 6) is 0.365. The molecule has 0 aliphatic rings. The Balaban J connectivity index is 1.97. The molecule has 0 bridgehead atoms. The third-order valence-electron chi connectivity index (χ3n) is 2.99. The number of rotatable bonds is 2. The molecule has 3 nitrogen and oxygen atoms in total. The molecule has 0 unspecified atom stereocenters. The van der Waals surface area contributed by atoms with Gasteiger partial charge in [-0.25, -0.2) is 4.98 Å². The lowest BCUT2D eigenvalue weighted by Crippen LogP contribution is -2.13. The van der Waals surface area contributed by atoms with Crippen molar-refractivity contribution in [3.63, 3.8) is 0 Å². The van der Waals surface area contributed by atoms with Gasteiger partial charge in [-0.15, -0.1) is 0 Å². The van der Waals surface area contributed by atoms with Crippen molar-refractivity contribution in [2.75, 3.05) is 5.32 Å². The highest BCUT2D eigenvalue weighted by Gasteiger charge is 2.10. The minimum absolute atomic E-state index is 0.160. The predicted molar refractivity (Wildman–Crippen MR) is 83.8 cm³/mol. The van der Waals surface area contributed by atoms with E-state index in [9.17, 15) is 4.79 Å². The summed E-state index contributed by atoms with van der Waals surface area (Å²) < 4.78 is 0.688. The second-order valence-electron chi connectivity index (χ2n) is 4.33. The monoisotopic (exact) mass is 326 g/mol. The molecule has 0 radical (unpaired) electrons. The molecule has 3 aromatic rings. The van der Waals surface area contributed by atoms with Crippen LogP contribution >= 0.6 is 15.9 Å². The number of benzene rings is 2. The maximum atomic E-state index is 12.4. The summed E-state index contributed by atoms with van der Waals surface area (Å²) in [6, 6.07) is 18.9. The van der Waals surface area contributed by atoms with Gasteiger partial charge in [-0.05, 0) is 44.9 Å². The molecule has 3 rings (SSSR count). The quantitative estimate of drug-likeness (QED) is 0.715. The van der Waals surface area contributed by atoms with E-state index in [1.807, 2.05) is 54.6 Å². The summed E-state index contributed by atoms with van der Waals surface area (Å²) in [5, 5.41) is 4.79. The van der Waals surface area contributed by atoms with Crippen molar-refractivity contribution >= 4 is 38.4 Å². The average molecular weight is 327 g/mol. The Morgan fingerprint density at radius 2 is 1.70 bits per heavy atom. The SMILES string of the molecule is O=C(Nc1cccc(Br)n1)c1cccc2ccccc12. The average Bonchev–Trinajstić information content (AvgIpc) is 2.46. The van der Waals surface area contributed by atoms with E-state index in [1.165, 1.54) is 0 Å². The summed E-state index contributed by atoms with van der Waals surface area (Å²) in [6.07, 6.45) is 0. The highest BCUT2D eigenvalue weighted by molar-refractivity contribution is 9.10. The van der Waals surface area contributed by atoms with Crippen LogP contribution in [0.5, 0.6) is 0 Å². The molecular formula is C16H11BrN2O. The van der Waals surface area contributed by atoms with Gasteiger partial charge in [0.15, 0.2) is 0 Å². The van der Waals surface area contributed by atoms with Crippen molar-refractivity contribution in [3.8, 4) is 0 Å². The van der Waals surface area contributed by atoms with E-state index >= 15 is 0 Å². The van der Waals surface area contributed by atoms with Crippen molar-refractivity contribution in [2.24, 2.45) is 0 Å². The number of carbonyl (C=O) groups is 1. The van der Waals surface area contributed by atoms with Crippen LogP contribution in [-0.2, 0) is 0 Å². The van der Waals surface area contributed by atoms with Crippen molar-refractivity contribution in [1.29, 1.82) is 0 Å². The maximum absolute atomic E-state index is 12.4. The van der Waals surface area contributed by atoms with E-state index in [0.717, 1.165) is 10.8 Å². The number of fused-ring (bicyclic) bond motifs is 1. The van der Waals surface area contributed by atoms with Crippen LogP contribution in [-0.4, -0.2) is 10.9 Å². The molecule has 1 heterocycles. The second kappa shape index (κ2) is 5.43. The fourth-order valence-electron chi connectivity index (χ4n) is 2.08. The normalized spacial score (nSPS) is 10.4. The minimum atomic E-state index is -0.160. The third-order valence-corrected chi connectivity index (χ3v) is 3.43. The number of anilines is 1. The first-order valence-electron chi connectivity index (χ1n) is 6.16. The molecule has 1 N–H and O–H groups in total. The van der Waals surface area contributed by atoms with Crippen LogP contribution in [0.3, 0.4) is 0 Å². The third kappa shape index (κ3) is 2.56. The Labute approximate surface area is 124 Å². The number of carbonyl (C=O) groups excluding carboxylic acids is 1. The molecule has 4 heteroatoms. The number of hydrogen-bond acceptors (Lipinski definition) is 2. The predicted octanol–water partition coefficient (Wildman–Crippen LogP) is 4.25. The molecule has 0 aliphatic heterocycles. The van der Waals surface area contributed by atoms with Crippen LogP contribution in [0.1, 0.15) is 10.4 Å². The van der Waals surface area contributed by atoms with Gasteiger partial charge in [0.2, 0.25) is 0 Å². The standard InChI is InChI=1S/C16H11BrN2O/c17-14-9-4-10-15(18-14)19-16(20)13-8-3-6-11-5-1-2-7-12(11)13/h1-10H,(H,18,19,20). The first-order valence-corrected chi connectivity index (χ1v) is 6.95. The van der Waals surface area contributed by atoms with Crippen LogP contribution in [0.4, 0.5) is 5.82 Å². The molecule has 20 heavy (non-hydrogen) atoms. The Kier molecular flexibility index (Phi) is 3.48. The zero-order valence-corrected chi connectivity index (χ0v) is 12.1. The highest BCUT2D eigenvalue weighted by Crippen LogP contribution is 2.19. The first-order chi connectivity index (χ1) is 9.74. The number of amides is 1. The molecule has 0 spiro atoms. The van der Waals surface area contributed by atoms with E-state index in [1.54, 1.807) is 6.07 Å². The summed E-state index contributed by atoms with van der Waals surface area (Å²) in [4.78, 5) is 16.6. The van der Waals surface area contributed by atoms with Gasteiger partial charge in [0.1, 0.15) is 10.4 Å². The van der Waals surface area contributed by atoms with Gasteiger partial charge in [0.25, 0.3) is 5.91 Å². The second-order valence-corrected chi connectivity index (χ2v) is 5.14. The maximum Gasteiger partial charge on any atom is 0.257 e. The number of halogens is 1. The van der Waals surface area contributed by atoms with Gasteiger partial charge in [-0.2, -0.15) is 0 Å². The van der Waals surface area contributed by atoms with E-state index < -0.39 is 0 Å². The number of pyridine rings is 1. The molecule has 1 amide bonds. The fraction of sp³-hybridized carbons (Fsp3) is 0. The molecule has 98 valence electrons. The molecule has 0 fully saturated rings. The summed E-state index contributed by atoms with van der Waals surface area (Å²) in [7, 11) is 0. The van der Waals surface area contributed by atoms with Gasteiger partial charge in [0.05, 0.1) is 0 Å². The lowest BCUT2D eigenvalue weighted by molar-refractivity contribution is 0.102. The number of nitrogens with one attached hydrogen (secondary N) is 1. The van der Waals surface area contributed by atoms with E-state index in [2.05, 4.69) is 26.2 Å². The number of hydrogen-bond donors (Lipinski definition) is 1. The van der Waals surface area contributed by atoms with Gasteiger partial charge in [-0.1, -0.05) is 42.5 Å². The van der Waals surface area contributed by atoms with Gasteiger partial charge >= 0.3 is 0 Å². The van der Waals surface area contributed by atoms with Crippen LogP contribution in [0.25, 0.3) is 10.8 Å². The van der Waals surface area contributed by atoms with E-state index in [-0.39, 0.29) is 5.91 Å². The minimum Gasteiger partial charge on any atom is -0.307 e. The Bertz CT molecular complexity index is 781. The van der Waals surface area contributed by atoms with Crippen LogP contribution < -0.4 is 5.32 Å². The largest absolute Gasteiger partial charge is 0.307 e. The van der Waals surface area contributed by atoms with Gasteiger partial charge < -0.3 is 5.32 Å². The lowest BCUT2D eigenvalue weighted by Gasteiger charge is -2.07. The molecular weight excluding hydrogens is 316 g/mol. The molecule has 0 aliphatic carbocycles. The van der Waals surface area contributed by atoms with Crippen molar-refractivity contribution in [2.45, 2.75) is 0 Å². The number of nitrogens with zero attached hydrogens (tertiary/aromatic N) is 1. The van der Waals surface area contributed by atoms with Gasteiger partial charge in [0, 0.05) is 5.56 Å². The molecule has 0 saturated carbocycles. The highest BCUT2D eigenvalue weighted by atomic mass is 79.9. The van der Waals surface area contributed by atoms with Crippen LogP contribution in [0, 0.1) is 0 Å². The lowest BCUT2D eigenvalue weighted by atomic mass is 10.0. The van der Waals surface area contributed by atoms with Gasteiger partial charge in [-0.3, -0.25) is 4.79 Å². The Morgan fingerprint density at radius 3 is 2.55 bits per heavy atom. The zero-order valence-electron chi connectivity index (χ0n) is 10.5. The molecule has 2 aromatic carbocycles. The van der Waals surface area contributed by atoms with Crippen LogP contribution in [0.15, 0.2) is 65.3 Å². The molecule has 0 atom stereocenters. The zero-order chi connectivity index (χ0) is 13.9. The van der Waals surface area contributed by atoms with Crippen LogP contribution in [0.2, 0.25) is 0 Å². The first kappa shape index (κ1) is 12.8. The molecule has 0 saturated heterocycles. The Hall–Kier alpha value is -2.20. The summed E-state index contributed by atoms with van der Waals surface area (Å²) >= 11 is 3.29. The van der Waals surface area contributed by atoms with E-state index in [4.69, 9.17) is 0 Å². The summed E-state index contributed by atoms with van der Waals surface area (Å²) in [5.41, 5.74) is 0.643. The summed E-state index contributed by atoms with van der Waals surface area (Å²) in [6.45, 7) is 0. The fourth-order valence-corrected chi connectivity index (χ4v) is 2.43. The van der Waals surface area contributed by atoms with Crippen molar-refractivity contribution in [3.05, 3.63) is 70.8 Å². The van der Waals surface area contributed by atoms with Crippen molar-refractivity contribution < 1.29 is 4.79 Å². The molecule has 1 aromatic heterocycles. The Morgan fingerprint density at radius 1 is 0.950 bits per heavy atom. The topological polar surface area (TPSA) is 42.0 Å². The number of aromatic nitrogens is 1. The smallest absolute Gasteiger partial charge is 0.257 e. The van der Waals surface area contributed by atoms with E-state index in [0.29, 0.717) is 16.0 Å². The van der Waals surface area contributed by atoms with Crippen molar-refractivity contribution in [1.82, 2.24) is 4.98 Å².